The van der Waals surface area contributed by atoms with Gasteiger partial charge in [0.15, 0.2) is 0 Å². The highest BCUT2D eigenvalue weighted by Gasteiger charge is 2.50. The van der Waals surface area contributed by atoms with Crippen LogP contribution >= 0.6 is 0 Å². The molecular formula is C44H54N6O7. The van der Waals surface area contributed by atoms with Gasteiger partial charge in [-0.3, -0.25) is 19.6 Å². The third-order valence-electron chi connectivity index (χ3n) is 9.78. The van der Waals surface area contributed by atoms with Gasteiger partial charge in [-0.15, -0.1) is 0 Å². The Bertz CT molecular complexity index is 1720. The third kappa shape index (κ3) is 13.7. The van der Waals surface area contributed by atoms with Crippen LogP contribution in [-0.4, -0.2) is 70.3 Å². The van der Waals surface area contributed by atoms with E-state index < -0.39 is 48.6 Å². The Kier molecular flexibility index (Phi) is 15.9. The summed E-state index contributed by atoms with van der Waals surface area (Å²) in [5, 5.41) is 11.8. The number of nitrogens with zero attached hydrogens (tertiary/aromatic N) is 2. The van der Waals surface area contributed by atoms with Gasteiger partial charge in [-0.1, -0.05) is 100 Å². The van der Waals surface area contributed by atoms with Crippen molar-refractivity contribution in [1.29, 1.82) is 0 Å². The number of rotatable bonds is 20. The molecule has 0 unspecified atom stereocenters. The lowest BCUT2D eigenvalue weighted by molar-refractivity contribution is -0.125. The van der Waals surface area contributed by atoms with Crippen molar-refractivity contribution in [2.45, 2.75) is 103 Å². The van der Waals surface area contributed by atoms with E-state index in [0.717, 1.165) is 11.1 Å². The predicted octanol–water partition coefficient (Wildman–Crippen LogP) is 5.68. The Morgan fingerprint density at radius 2 is 0.947 bits per heavy atom. The van der Waals surface area contributed by atoms with Crippen LogP contribution in [0.5, 0.6) is 0 Å². The number of amides is 4. The predicted molar refractivity (Wildman–Crippen MR) is 214 cm³/mol. The van der Waals surface area contributed by atoms with Gasteiger partial charge in [0, 0.05) is 12.4 Å². The molecule has 13 nitrogen and oxygen atoms in total. The fourth-order valence-electron chi connectivity index (χ4n) is 6.55. The highest BCUT2D eigenvalue weighted by Crippen LogP contribution is 2.33. The van der Waals surface area contributed by atoms with Crippen LogP contribution < -0.4 is 21.3 Å². The van der Waals surface area contributed by atoms with Crippen LogP contribution in [0.4, 0.5) is 9.59 Å². The normalized spacial score (nSPS) is 16.7. The lowest BCUT2D eigenvalue weighted by Gasteiger charge is -2.26. The molecule has 302 valence electrons. The molecule has 0 saturated carbocycles. The van der Waals surface area contributed by atoms with E-state index in [1.54, 1.807) is 48.8 Å². The molecule has 6 atom stereocenters. The zero-order chi connectivity index (χ0) is 40.6. The number of epoxide rings is 1. The molecule has 0 spiro atoms. The van der Waals surface area contributed by atoms with Crippen molar-refractivity contribution in [2.75, 3.05) is 0 Å². The summed E-state index contributed by atoms with van der Waals surface area (Å²) in [6.45, 7) is 7.32. The summed E-state index contributed by atoms with van der Waals surface area (Å²) in [5.41, 5.74) is 3.36. The average Bonchev–Trinajstić information content (AvgIpc) is 4.02. The minimum absolute atomic E-state index is 0.0357. The first-order chi connectivity index (χ1) is 27.6. The van der Waals surface area contributed by atoms with Crippen LogP contribution in [0, 0.1) is 11.8 Å². The van der Waals surface area contributed by atoms with Crippen LogP contribution in [-0.2, 0) is 49.9 Å². The van der Waals surface area contributed by atoms with Gasteiger partial charge in [0.1, 0.15) is 37.5 Å². The molecule has 4 N–H and O–H groups in total. The molecular weight excluding hydrogens is 725 g/mol. The van der Waals surface area contributed by atoms with Crippen molar-refractivity contribution in [3.05, 3.63) is 132 Å². The topological polar surface area (TPSA) is 173 Å². The van der Waals surface area contributed by atoms with Crippen molar-refractivity contribution < 1.29 is 33.4 Å². The van der Waals surface area contributed by atoms with Gasteiger partial charge >= 0.3 is 12.2 Å². The second kappa shape index (κ2) is 21.5. The fraction of sp³-hybridized carbons (Fsp3) is 0.409. The molecule has 57 heavy (non-hydrogen) atoms. The number of hydrogen-bond acceptors (Lipinski definition) is 9. The Morgan fingerprint density at radius 1 is 0.561 bits per heavy atom. The van der Waals surface area contributed by atoms with Crippen LogP contribution in [0.15, 0.2) is 109 Å². The number of carbonyl (C=O) groups is 4. The van der Waals surface area contributed by atoms with Crippen LogP contribution in [0.2, 0.25) is 0 Å². The van der Waals surface area contributed by atoms with Crippen molar-refractivity contribution in [3.8, 4) is 0 Å². The van der Waals surface area contributed by atoms with Crippen LogP contribution in [0.25, 0.3) is 0 Å². The summed E-state index contributed by atoms with van der Waals surface area (Å²) in [7, 11) is 0. The smallest absolute Gasteiger partial charge is 0.408 e. The van der Waals surface area contributed by atoms with Gasteiger partial charge in [-0.25, -0.2) is 9.59 Å². The van der Waals surface area contributed by atoms with E-state index in [1.165, 1.54) is 0 Å². The SMILES string of the molecule is CC(C)[C@H](NC(=O)OCc1ccccn1)C(=O)N[C@@H](CCc1ccccc1)[C@@H]1O[C@@H]1[C@H](CCc1ccccc1)NC(=O)[C@@H](NC(=O)OCc1ccccn1)C(C)C. The number of nitrogens with one attached hydrogen (secondary N) is 4. The molecule has 1 saturated heterocycles. The molecule has 4 aromatic rings. The van der Waals surface area contributed by atoms with Gasteiger partial charge in [-0.05, 0) is 72.9 Å². The maximum absolute atomic E-state index is 13.9. The van der Waals surface area contributed by atoms with Gasteiger partial charge in [-0.2, -0.15) is 0 Å². The van der Waals surface area contributed by atoms with Crippen molar-refractivity contribution in [3.63, 3.8) is 0 Å². The first-order valence-electron chi connectivity index (χ1n) is 19.6. The number of carbonyl (C=O) groups excluding carboxylic acids is 4. The second-order valence-corrected chi connectivity index (χ2v) is 14.9. The van der Waals surface area contributed by atoms with Gasteiger partial charge in [0.05, 0.1) is 23.5 Å². The zero-order valence-electron chi connectivity index (χ0n) is 33.0. The fourth-order valence-corrected chi connectivity index (χ4v) is 6.55. The highest BCUT2D eigenvalue weighted by molar-refractivity contribution is 5.87. The minimum Gasteiger partial charge on any atom is -0.443 e. The summed E-state index contributed by atoms with van der Waals surface area (Å²) >= 11 is 0. The monoisotopic (exact) mass is 778 g/mol. The van der Waals surface area contributed by atoms with Gasteiger partial charge in [0.25, 0.3) is 0 Å². The largest absolute Gasteiger partial charge is 0.443 e. The van der Waals surface area contributed by atoms with Crippen molar-refractivity contribution >= 4 is 24.0 Å². The van der Waals surface area contributed by atoms with Crippen molar-refractivity contribution in [2.24, 2.45) is 11.8 Å². The summed E-state index contributed by atoms with van der Waals surface area (Å²) in [5.74, 6) is -1.25. The van der Waals surface area contributed by atoms with E-state index in [1.807, 2.05) is 88.4 Å². The molecule has 1 fully saturated rings. The van der Waals surface area contributed by atoms with E-state index in [-0.39, 0.29) is 36.9 Å². The molecule has 1 aliphatic heterocycles. The molecule has 2 aromatic heterocycles. The van der Waals surface area contributed by atoms with E-state index in [2.05, 4.69) is 31.2 Å². The van der Waals surface area contributed by atoms with Crippen LogP contribution in [0.1, 0.15) is 63.1 Å². The number of ether oxygens (including phenoxy) is 3. The number of aryl methyl sites for hydroxylation is 2. The third-order valence-corrected chi connectivity index (χ3v) is 9.78. The lowest BCUT2D eigenvalue weighted by atomic mass is 9.94. The van der Waals surface area contributed by atoms with Gasteiger partial charge in [0.2, 0.25) is 11.8 Å². The lowest BCUT2D eigenvalue weighted by Crippen LogP contribution is -2.55. The zero-order valence-corrected chi connectivity index (χ0v) is 33.0. The molecule has 0 aliphatic carbocycles. The number of alkyl carbamates (subject to hydrolysis) is 2. The number of pyridine rings is 2. The summed E-state index contributed by atoms with van der Waals surface area (Å²) < 4.78 is 17.1. The van der Waals surface area contributed by atoms with E-state index >= 15 is 0 Å². The average molecular weight is 779 g/mol. The molecule has 3 heterocycles. The Morgan fingerprint density at radius 3 is 1.30 bits per heavy atom. The van der Waals surface area contributed by atoms with E-state index in [0.29, 0.717) is 37.1 Å². The number of benzene rings is 2. The van der Waals surface area contributed by atoms with Gasteiger partial charge < -0.3 is 35.5 Å². The Labute approximate surface area is 334 Å². The molecule has 5 rings (SSSR count). The molecule has 0 radical (unpaired) electrons. The first kappa shape index (κ1) is 42.3. The quantitative estimate of drug-likeness (QED) is 0.0824. The van der Waals surface area contributed by atoms with Crippen LogP contribution in [0.3, 0.4) is 0 Å². The molecule has 1 aliphatic rings. The van der Waals surface area contributed by atoms with E-state index in [9.17, 15) is 19.2 Å². The molecule has 13 heteroatoms. The number of aromatic nitrogens is 2. The standard InChI is InChI=1S/C44H54N6O7/c1-29(2)37(49-43(53)55-27-33-19-11-13-25-45-33)41(51)47-35(23-21-31-15-7-5-8-16-31)39-40(57-39)36(24-22-32-17-9-6-10-18-32)48-42(52)38(30(3)4)50-44(54)56-28-34-20-12-14-26-46-34/h5-20,25-26,29-30,35-40H,21-24,27-28H2,1-4H3,(H,47,51)(H,48,52)(H,49,53)(H,50,54)/t35-,36-,37-,38-,39-,40+/m0/s1. The van der Waals surface area contributed by atoms with Crippen molar-refractivity contribution in [1.82, 2.24) is 31.2 Å². The maximum Gasteiger partial charge on any atom is 0.408 e. The summed E-state index contributed by atoms with van der Waals surface area (Å²) in [6.07, 6.45) is 3.31. The minimum atomic E-state index is -0.887. The molecule has 4 amide bonds. The summed E-state index contributed by atoms with van der Waals surface area (Å²) in [4.78, 5) is 61.9. The Balaban J connectivity index is 1.29. The molecule has 0 bridgehead atoms. The Hall–Kier alpha value is -5.82. The first-order valence-corrected chi connectivity index (χ1v) is 19.6. The second-order valence-electron chi connectivity index (χ2n) is 14.9. The maximum atomic E-state index is 13.9. The molecule has 2 aromatic carbocycles. The summed E-state index contributed by atoms with van der Waals surface area (Å²) in [6, 6.07) is 27.9. The number of hydrogen-bond donors (Lipinski definition) is 4. The van der Waals surface area contributed by atoms with E-state index in [4.69, 9.17) is 14.2 Å². The highest BCUT2D eigenvalue weighted by atomic mass is 16.6.